The summed E-state index contributed by atoms with van der Waals surface area (Å²) in [6, 6.07) is 10.5. The molecule has 1 N–H and O–H groups in total. The van der Waals surface area contributed by atoms with E-state index in [1.807, 2.05) is 12.1 Å². The molecule has 0 saturated heterocycles. The highest BCUT2D eigenvalue weighted by Gasteiger charge is 2.39. The number of pyridine rings is 1. The number of hydrogen-bond donors (Lipinski definition) is 1. The van der Waals surface area contributed by atoms with Crippen molar-refractivity contribution in [3.63, 3.8) is 0 Å². The molecule has 4 rings (SSSR count). The van der Waals surface area contributed by atoms with Gasteiger partial charge in [0.1, 0.15) is 16.7 Å². The lowest BCUT2D eigenvalue weighted by Crippen LogP contribution is -2.19. The van der Waals surface area contributed by atoms with Crippen molar-refractivity contribution in [2.75, 3.05) is 0 Å². The molecule has 0 amide bonds. The summed E-state index contributed by atoms with van der Waals surface area (Å²) in [6.07, 6.45) is -2.54. The van der Waals surface area contributed by atoms with Crippen molar-refractivity contribution in [1.82, 2.24) is 4.98 Å². The highest BCUT2D eigenvalue weighted by atomic mass is 32.2. The number of aliphatic hydroxyl groups is 1. The lowest BCUT2D eigenvalue weighted by atomic mass is 9.90. The Morgan fingerprint density at radius 3 is 2.72 bits per heavy atom. The van der Waals surface area contributed by atoms with Crippen LogP contribution in [0.15, 0.2) is 45.2 Å². The molecule has 4 nitrogen and oxygen atoms in total. The molecule has 0 fully saturated rings. The van der Waals surface area contributed by atoms with Crippen LogP contribution in [0, 0.1) is 11.3 Å². The molecule has 2 aromatic heterocycles. The molecule has 2 heterocycles. The number of nitriles is 1. The molecule has 0 bridgehead atoms. The average molecular weight is 416 g/mol. The predicted molar refractivity (Wildman–Crippen MR) is 103 cm³/mol. The summed E-state index contributed by atoms with van der Waals surface area (Å²) in [7, 11) is 0. The number of alkyl halides is 3. The van der Waals surface area contributed by atoms with Crippen molar-refractivity contribution in [2.45, 2.75) is 36.9 Å². The van der Waals surface area contributed by atoms with Crippen molar-refractivity contribution in [3.8, 4) is 6.07 Å². The van der Waals surface area contributed by atoms with Crippen LogP contribution in [0.3, 0.4) is 0 Å². The van der Waals surface area contributed by atoms with E-state index in [2.05, 4.69) is 4.98 Å². The molecule has 1 aromatic carbocycles. The number of benzene rings is 1. The summed E-state index contributed by atoms with van der Waals surface area (Å²) in [5.74, 6) is -0.0608. The second kappa shape index (κ2) is 7.48. The Morgan fingerprint density at radius 2 is 2.00 bits per heavy atom. The molecule has 0 unspecified atom stereocenters. The van der Waals surface area contributed by atoms with Crippen LogP contribution in [-0.4, -0.2) is 10.1 Å². The van der Waals surface area contributed by atoms with Gasteiger partial charge in [0.25, 0.3) is 0 Å². The van der Waals surface area contributed by atoms with Gasteiger partial charge >= 0.3 is 6.18 Å². The maximum atomic E-state index is 13.7. The Hall–Kier alpha value is -2.92. The minimum absolute atomic E-state index is 0.0665. The summed E-state index contributed by atoms with van der Waals surface area (Å²) in [5.41, 5.74) is -0.325. The van der Waals surface area contributed by atoms with Crippen molar-refractivity contribution < 1.29 is 22.7 Å². The van der Waals surface area contributed by atoms with Gasteiger partial charge in [0.2, 0.25) is 0 Å². The van der Waals surface area contributed by atoms with Gasteiger partial charge in [-0.15, -0.1) is 0 Å². The highest BCUT2D eigenvalue weighted by Crippen LogP contribution is 2.41. The number of thioether (sulfide) groups is 1. The minimum atomic E-state index is -4.64. The average Bonchev–Trinajstić information content (AvgIpc) is 3.14. The Labute approximate surface area is 168 Å². The minimum Gasteiger partial charge on any atom is -0.504 e. The SMILES string of the molecule is N#Cc1c(SC=C(O)c2cc3ccccc3o2)nc2c(c1C(F)(F)F)CCCC2. The molecular formula is C21H15F3N2O2S. The Kier molecular flexibility index (Phi) is 5.01. The molecule has 0 saturated carbocycles. The Balaban J connectivity index is 1.74. The summed E-state index contributed by atoms with van der Waals surface area (Å²) in [4.78, 5) is 4.32. The predicted octanol–water partition coefficient (Wildman–Crippen LogP) is 6.25. The van der Waals surface area contributed by atoms with E-state index in [-0.39, 0.29) is 28.5 Å². The van der Waals surface area contributed by atoms with Gasteiger partial charge in [0.15, 0.2) is 11.5 Å². The number of aliphatic hydroxyl groups excluding tert-OH is 1. The van der Waals surface area contributed by atoms with Crippen LogP contribution < -0.4 is 0 Å². The summed E-state index contributed by atoms with van der Waals surface area (Å²) < 4.78 is 46.7. The van der Waals surface area contributed by atoms with Crippen LogP contribution in [-0.2, 0) is 19.0 Å². The van der Waals surface area contributed by atoms with Gasteiger partial charge in [0, 0.05) is 16.5 Å². The molecule has 29 heavy (non-hydrogen) atoms. The normalized spacial score (nSPS) is 14.6. The molecule has 0 radical (unpaired) electrons. The number of furan rings is 1. The first-order valence-electron chi connectivity index (χ1n) is 8.96. The fraction of sp³-hybridized carbons (Fsp3) is 0.238. The zero-order valence-electron chi connectivity index (χ0n) is 15.1. The van der Waals surface area contributed by atoms with Crippen molar-refractivity contribution in [2.24, 2.45) is 0 Å². The first-order chi connectivity index (χ1) is 13.9. The van der Waals surface area contributed by atoms with E-state index in [0.717, 1.165) is 23.6 Å². The van der Waals surface area contributed by atoms with E-state index in [4.69, 9.17) is 4.42 Å². The molecule has 1 aliphatic carbocycles. The number of aryl methyl sites for hydroxylation is 1. The summed E-state index contributed by atoms with van der Waals surface area (Å²) >= 11 is 0.782. The van der Waals surface area contributed by atoms with E-state index in [1.54, 1.807) is 24.3 Å². The van der Waals surface area contributed by atoms with Crippen molar-refractivity contribution >= 4 is 28.5 Å². The lowest BCUT2D eigenvalue weighted by Gasteiger charge is -2.22. The first kappa shape index (κ1) is 19.4. The number of fused-ring (bicyclic) bond motifs is 2. The van der Waals surface area contributed by atoms with E-state index >= 15 is 0 Å². The van der Waals surface area contributed by atoms with Gasteiger partial charge < -0.3 is 9.52 Å². The third-order valence-corrected chi connectivity index (χ3v) is 5.66. The third kappa shape index (κ3) is 3.70. The number of hydrogen-bond acceptors (Lipinski definition) is 5. The Bertz CT molecular complexity index is 1130. The maximum absolute atomic E-state index is 13.7. The molecule has 1 aliphatic rings. The largest absolute Gasteiger partial charge is 0.504 e. The standard InChI is InChI=1S/C21H15F3N2O2S/c22-21(23,24)19-13-6-2-3-7-15(13)26-20(14(19)10-25)29-11-16(27)18-9-12-5-1-4-8-17(12)28-18/h1,4-5,8-9,11,27H,2-3,6-7H2. The van der Waals surface area contributed by atoms with Gasteiger partial charge in [0.05, 0.1) is 11.1 Å². The maximum Gasteiger partial charge on any atom is 0.418 e. The van der Waals surface area contributed by atoms with E-state index in [9.17, 15) is 23.5 Å². The molecule has 0 aliphatic heterocycles. The number of para-hydroxylation sites is 1. The quantitative estimate of drug-likeness (QED) is 0.404. The summed E-state index contributed by atoms with van der Waals surface area (Å²) in [6.45, 7) is 0. The monoisotopic (exact) mass is 416 g/mol. The van der Waals surface area contributed by atoms with E-state index < -0.39 is 17.3 Å². The van der Waals surface area contributed by atoms with Gasteiger partial charge in [-0.25, -0.2) is 4.98 Å². The third-order valence-electron chi connectivity index (χ3n) is 4.80. The molecule has 8 heteroatoms. The van der Waals surface area contributed by atoms with E-state index in [0.29, 0.717) is 24.1 Å². The Morgan fingerprint density at radius 1 is 1.24 bits per heavy atom. The van der Waals surface area contributed by atoms with Crippen LogP contribution in [0.2, 0.25) is 0 Å². The second-order valence-electron chi connectivity index (χ2n) is 6.68. The molecular weight excluding hydrogens is 401 g/mol. The zero-order valence-corrected chi connectivity index (χ0v) is 15.9. The summed E-state index contributed by atoms with van der Waals surface area (Å²) in [5, 5.41) is 21.7. The van der Waals surface area contributed by atoms with Crippen molar-refractivity contribution in [3.05, 3.63) is 63.9 Å². The lowest BCUT2D eigenvalue weighted by molar-refractivity contribution is -0.138. The molecule has 3 aromatic rings. The van der Waals surface area contributed by atoms with Crippen LogP contribution in [0.25, 0.3) is 16.7 Å². The van der Waals surface area contributed by atoms with Gasteiger partial charge in [-0.3, -0.25) is 0 Å². The number of nitrogens with zero attached hydrogens (tertiary/aromatic N) is 2. The number of rotatable bonds is 3. The van der Waals surface area contributed by atoms with Crippen molar-refractivity contribution in [1.29, 1.82) is 5.26 Å². The fourth-order valence-electron chi connectivity index (χ4n) is 3.50. The van der Waals surface area contributed by atoms with E-state index in [1.165, 1.54) is 5.41 Å². The smallest absolute Gasteiger partial charge is 0.418 e. The van der Waals surface area contributed by atoms with Gasteiger partial charge in [-0.1, -0.05) is 30.0 Å². The highest BCUT2D eigenvalue weighted by molar-refractivity contribution is 8.02. The topological polar surface area (TPSA) is 70.0 Å². The number of aromatic nitrogens is 1. The van der Waals surface area contributed by atoms with Crippen LogP contribution in [0.5, 0.6) is 0 Å². The van der Waals surface area contributed by atoms with Crippen LogP contribution in [0.4, 0.5) is 13.2 Å². The molecule has 148 valence electrons. The first-order valence-corrected chi connectivity index (χ1v) is 9.84. The van der Waals surface area contributed by atoms with Crippen LogP contribution >= 0.6 is 11.8 Å². The zero-order chi connectivity index (χ0) is 20.6. The number of halogens is 3. The molecule has 0 spiro atoms. The van der Waals surface area contributed by atoms with Crippen LogP contribution in [0.1, 0.15) is 41.0 Å². The van der Waals surface area contributed by atoms with Gasteiger partial charge in [-0.2, -0.15) is 18.4 Å². The second-order valence-corrected chi connectivity index (χ2v) is 7.54. The van der Waals surface area contributed by atoms with Gasteiger partial charge in [-0.05, 0) is 43.4 Å². The fourth-order valence-corrected chi connectivity index (χ4v) is 4.27. The molecule has 0 atom stereocenters.